The molecule has 4 saturated carbocycles. The van der Waals surface area contributed by atoms with E-state index in [0.717, 1.165) is 27.1 Å². The first-order valence-electron chi connectivity index (χ1n) is 10.4. The van der Waals surface area contributed by atoms with Crippen molar-refractivity contribution in [2.75, 3.05) is 7.11 Å². The summed E-state index contributed by atoms with van der Waals surface area (Å²) >= 11 is 9.14. The second kappa shape index (κ2) is 7.55. The summed E-state index contributed by atoms with van der Waals surface area (Å²) in [6.45, 7) is 0. The van der Waals surface area contributed by atoms with Gasteiger partial charge in [-0.1, -0.05) is 24.3 Å². The highest BCUT2D eigenvalue weighted by Gasteiger charge is 2.48. The van der Waals surface area contributed by atoms with Crippen molar-refractivity contribution < 1.29 is 9.53 Å². The van der Waals surface area contributed by atoms with Crippen molar-refractivity contribution in [3.63, 3.8) is 0 Å². The van der Waals surface area contributed by atoms with Crippen LogP contribution in [0, 0.1) is 23.7 Å². The number of rotatable bonds is 3. The van der Waals surface area contributed by atoms with E-state index in [1.165, 1.54) is 32.1 Å². The van der Waals surface area contributed by atoms with Gasteiger partial charge in [0.05, 0.1) is 17.1 Å². The lowest BCUT2D eigenvalue weighted by atomic mass is 9.54. The molecule has 0 spiro atoms. The fraction of sp³-hybridized carbons (Fsp3) is 0.478. The Morgan fingerprint density at radius 3 is 2.41 bits per heavy atom. The lowest BCUT2D eigenvalue weighted by Gasteiger charge is -2.54. The van der Waals surface area contributed by atoms with Gasteiger partial charge in [0.1, 0.15) is 5.75 Å². The Morgan fingerprint density at radius 2 is 1.76 bits per heavy atom. The van der Waals surface area contributed by atoms with E-state index < -0.39 is 0 Å². The molecule has 0 heterocycles. The highest BCUT2D eigenvalue weighted by molar-refractivity contribution is 9.10. The lowest BCUT2D eigenvalue weighted by molar-refractivity contribution is -0.00692. The van der Waals surface area contributed by atoms with Crippen LogP contribution in [-0.4, -0.2) is 24.2 Å². The van der Waals surface area contributed by atoms with Crippen LogP contribution in [0.4, 0.5) is 0 Å². The fourth-order valence-corrected chi connectivity index (χ4v) is 7.14. The molecule has 0 radical (unpaired) electrons. The molecule has 6 rings (SSSR count). The quantitative estimate of drug-likeness (QED) is 0.614. The maximum atomic E-state index is 13.0. The third kappa shape index (κ3) is 3.44. The van der Waals surface area contributed by atoms with Crippen LogP contribution in [0.3, 0.4) is 0 Å². The smallest absolute Gasteiger partial charge is 0.261 e. The molecule has 2 aromatic carbocycles. The van der Waals surface area contributed by atoms with E-state index in [-0.39, 0.29) is 5.91 Å². The summed E-state index contributed by atoms with van der Waals surface area (Å²) < 4.78 is 6.32. The van der Waals surface area contributed by atoms with Gasteiger partial charge in [-0.15, -0.1) is 0 Å². The molecular formula is C23H25BrN2O2S. The van der Waals surface area contributed by atoms with Crippen LogP contribution in [0.2, 0.25) is 0 Å². The van der Waals surface area contributed by atoms with Gasteiger partial charge < -0.3 is 10.1 Å². The minimum atomic E-state index is -0.241. The van der Waals surface area contributed by atoms with Crippen LogP contribution in [0.25, 0.3) is 10.8 Å². The van der Waals surface area contributed by atoms with E-state index in [2.05, 4.69) is 26.6 Å². The third-order valence-electron chi connectivity index (χ3n) is 7.14. The summed E-state index contributed by atoms with van der Waals surface area (Å²) in [5.41, 5.74) is 0.479. The molecule has 0 unspecified atom stereocenters. The van der Waals surface area contributed by atoms with Crippen molar-refractivity contribution >= 4 is 49.9 Å². The molecule has 4 aliphatic carbocycles. The summed E-state index contributed by atoms with van der Waals surface area (Å²) in [6, 6.07) is 10.2. The average molecular weight is 473 g/mol. The van der Waals surface area contributed by atoms with Gasteiger partial charge >= 0.3 is 0 Å². The standard InChI is InChI=1S/C23H25BrN2O2S/c1-28-21-18(11-14-4-2-3-5-17(14)19(21)24)22(27)26-23(29)25-20-15-7-12-6-13(9-15)10-16(20)8-12/h2-5,11-13,15-16,20H,6-10H2,1H3,(H2,25,26,27,29). The van der Waals surface area contributed by atoms with E-state index in [1.807, 2.05) is 30.3 Å². The number of amides is 1. The van der Waals surface area contributed by atoms with Crippen LogP contribution in [-0.2, 0) is 0 Å². The molecule has 4 fully saturated rings. The fourth-order valence-electron chi connectivity index (χ4n) is 6.17. The van der Waals surface area contributed by atoms with E-state index in [1.54, 1.807) is 7.11 Å². The Hall–Kier alpha value is -1.66. The molecule has 29 heavy (non-hydrogen) atoms. The minimum absolute atomic E-state index is 0.241. The molecule has 2 aromatic rings. The lowest BCUT2D eigenvalue weighted by Crippen LogP contribution is -2.57. The Bertz CT molecular complexity index is 964. The van der Waals surface area contributed by atoms with E-state index >= 15 is 0 Å². The van der Waals surface area contributed by atoms with E-state index in [4.69, 9.17) is 17.0 Å². The number of carbonyl (C=O) groups is 1. The van der Waals surface area contributed by atoms with Gasteiger partial charge in [-0.2, -0.15) is 0 Å². The number of ether oxygens (including phenoxy) is 1. The molecule has 0 aliphatic heterocycles. The molecule has 4 nitrogen and oxygen atoms in total. The third-order valence-corrected chi connectivity index (χ3v) is 8.15. The van der Waals surface area contributed by atoms with Crippen molar-refractivity contribution in [3.05, 3.63) is 40.4 Å². The molecule has 0 aromatic heterocycles. The second-order valence-corrected chi connectivity index (χ2v) is 10.1. The number of hydrogen-bond acceptors (Lipinski definition) is 3. The van der Waals surface area contributed by atoms with E-state index in [0.29, 0.717) is 34.3 Å². The van der Waals surface area contributed by atoms with Crippen molar-refractivity contribution in [3.8, 4) is 5.75 Å². The van der Waals surface area contributed by atoms with Gasteiger partial charge in [-0.3, -0.25) is 10.1 Å². The van der Waals surface area contributed by atoms with Gasteiger partial charge in [-0.25, -0.2) is 0 Å². The van der Waals surface area contributed by atoms with Gasteiger partial charge in [0.25, 0.3) is 5.91 Å². The zero-order chi connectivity index (χ0) is 20.1. The maximum Gasteiger partial charge on any atom is 0.261 e. The average Bonchev–Trinajstić information content (AvgIpc) is 2.70. The SMILES string of the molecule is COc1c(C(=O)NC(=S)NC2C3CC4CC(C3)CC2C4)cc2ccccc2c1Br. The summed E-state index contributed by atoms with van der Waals surface area (Å²) in [5.74, 6) is 3.51. The summed E-state index contributed by atoms with van der Waals surface area (Å²) in [5, 5.41) is 8.82. The summed E-state index contributed by atoms with van der Waals surface area (Å²) in [7, 11) is 1.58. The Balaban J connectivity index is 1.33. The molecule has 6 heteroatoms. The Morgan fingerprint density at radius 1 is 1.10 bits per heavy atom. The second-order valence-electron chi connectivity index (χ2n) is 8.88. The summed E-state index contributed by atoms with van der Waals surface area (Å²) in [4.78, 5) is 13.0. The molecule has 152 valence electrons. The number of methoxy groups -OCH3 is 1. The first-order chi connectivity index (χ1) is 14.0. The largest absolute Gasteiger partial charge is 0.495 e. The molecule has 4 aliphatic rings. The zero-order valence-electron chi connectivity index (χ0n) is 16.4. The van der Waals surface area contributed by atoms with Crippen molar-refractivity contribution in [1.29, 1.82) is 0 Å². The van der Waals surface area contributed by atoms with E-state index in [9.17, 15) is 4.79 Å². The number of fused-ring (bicyclic) bond motifs is 1. The molecule has 2 N–H and O–H groups in total. The predicted molar refractivity (Wildman–Crippen MR) is 122 cm³/mol. The molecule has 4 bridgehead atoms. The normalized spacial score (nSPS) is 29.7. The Labute approximate surface area is 184 Å². The van der Waals surface area contributed by atoms with Gasteiger partial charge in [0.2, 0.25) is 0 Å². The van der Waals surface area contributed by atoms with Gasteiger partial charge in [0.15, 0.2) is 5.11 Å². The molecule has 0 saturated heterocycles. The van der Waals surface area contributed by atoms with Gasteiger partial charge in [0, 0.05) is 6.04 Å². The van der Waals surface area contributed by atoms with Crippen LogP contribution in [0.5, 0.6) is 5.75 Å². The van der Waals surface area contributed by atoms with Crippen LogP contribution >= 0.6 is 28.1 Å². The first-order valence-corrected chi connectivity index (χ1v) is 11.6. The number of thiocarbonyl (C=S) groups is 1. The number of hydrogen-bond donors (Lipinski definition) is 2. The van der Waals surface area contributed by atoms with Crippen LogP contribution in [0.15, 0.2) is 34.8 Å². The highest BCUT2D eigenvalue weighted by Crippen LogP contribution is 2.53. The number of halogens is 1. The number of nitrogens with one attached hydrogen (secondary N) is 2. The Kier molecular flexibility index (Phi) is 5.03. The maximum absolute atomic E-state index is 13.0. The topological polar surface area (TPSA) is 50.4 Å². The first kappa shape index (κ1) is 19.3. The molecule has 1 amide bonds. The zero-order valence-corrected chi connectivity index (χ0v) is 18.8. The van der Waals surface area contributed by atoms with Crippen molar-refractivity contribution in [2.24, 2.45) is 23.7 Å². The van der Waals surface area contributed by atoms with Gasteiger partial charge in [-0.05, 0) is 101 Å². The minimum Gasteiger partial charge on any atom is -0.495 e. The van der Waals surface area contributed by atoms with Crippen LogP contribution < -0.4 is 15.4 Å². The molecular weight excluding hydrogens is 448 g/mol. The summed E-state index contributed by atoms with van der Waals surface area (Å²) in [6.07, 6.45) is 6.68. The number of carbonyl (C=O) groups excluding carboxylic acids is 1. The van der Waals surface area contributed by atoms with Crippen molar-refractivity contribution in [2.45, 2.75) is 38.1 Å². The highest BCUT2D eigenvalue weighted by atomic mass is 79.9. The molecule has 0 atom stereocenters. The number of benzene rings is 2. The van der Waals surface area contributed by atoms with Crippen LogP contribution in [0.1, 0.15) is 42.5 Å². The monoisotopic (exact) mass is 472 g/mol. The predicted octanol–water partition coefficient (Wildman–Crippen LogP) is 5.04. The van der Waals surface area contributed by atoms with Crippen molar-refractivity contribution in [1.82, 2.24) is 10.6 Å².